The summed E-state index contributed by atoms with van der Waals surface area (Å²) in [5.41, 5.74) is 4.07. The third-order valence-corrected chi connectivity index (χ3v) is 5.43. The molecule has 9 heteroatoms. The van der Waals surface area contributed by atoms with Gasteiger partial charge in [0.05, 0.1) is 29.3 Å². The van der Waals surface area contributed by atoms with Crippen LogP contribution in [0.15, 0.2) is 110 Å². The summed E-state index contributed by atoms with van der Waals surface area (Å²) < 4.78 is 13.6. The van der Waals surface area contributed by atoms with E-state index in [1.54, 1.807) is 61.7 Å². The maximum absolute atomic E-state index is 13.6. The van der Waals surface area contributed by atoms with Gasteiger partial charge in [0.1, 0.15) is 17.3 Å². The molecule has 164 valence electrons. The highest BCUT2D eigenvalue weighted by molar-refractivity contribution is 6.32. The quantitative estimate of drug-likeness (QED) is 0.611. The van der Waals surface area contributed by atoms with Crippen LogP contribution < -0.4 is 10.6 Å². The number of carbonyl (C=O) groups excluding carboxylic acids is 1. The highest BCUT2D eigenvalue weighted by atomic mass is 19.1. The van der Waals surface area contributed by atoms with E-state index in [9.17, 15) is 14.4 Å². The van der Waals surface area contributed by atoms with Crippen molar-refractivity contribution < 1.29 is 14.4 Å². The van der Waals surface area contributed by atoms with Crippen LogP contribution in [0.1, 0.15) is 18.5 Å². The number of nitrogens with zero attached hydrogens (tertiary/aromatic N) is 4. The number of halogens is 1. The van der Waals surface area contributed by atoms with E-state index in [2.05, 4.69) is 25.8 Å². The van der Waals surface area contributed by atoms with Gasteiger partial charge in [-0.05, 0) is 55.0 Å². The van der Waals surface area contributed by atoms with Crippen LogP contribution in [0.2, 0.25) is 0 Å². The monoisotopic (exact) mass is 442 g/mol. The van der Waals surface area contributed by atoms with Crippen LogP contribution in [-0.2, 0) is 4.79 Å². The fraction of sp³-hybridized carbons (Fsp3) is 0.0833. The first-order valence-corrected chi connectivity index (χ1v) is 10.2. The number of fused-ring (bicyclic) bond motifs is 1. The van der Waals surface area contributed by atoms with Gasteiger partial charge < -0.3 is 10.6 Å². The molecule has 3 aliphatic heterocycles. The van der Waals surface area contributed by atoms with Crippen molar-refractivity contribution in [2.24, 2.45) is 15.2 Å². The van der Waals surface area contributed by atoms with Crippen LogP contribution in [0.5, 0.6) is 0 Å². The third kappa shape index (κ3) is 3.97. The van der Waals surface area contributed by atoms with Gasteiger partial charge in [0.2, 0.25) is 0 Å². The lowest BCUT2D eigenvalue weighted by molar-refractivity contribution is -0.114. The summed E-state index contributed by atoms with van der Waals surface area (Å²) in [5, 5.41) is 25.5. The SMILES string of the molecule is CC1=C(C(=O)N=C2C=CC3=NN=CC3=C2)C(c2ccc(F)cc2)N/C(=C2/C=CC=CN2O)N1. The zero-order valence-electron chi connectivity index (χ0n) is 17.5. The molecular weight excluding hydrogens is 423 g/mol. The predicted octanol–water partition coefficient (Wildman–Crippen LogP) is 3.18. The highest BCUT2D eigenvalue weighted by Gasteiger charge is 2.31. The minimum absolute atomic E-state index is 0.378. The van der Waals surface area contributed by atoms with Crippen LogP contribution in [0.3, 0.4) is 0 Å². The number of amides is 1. The summed E-state index contributed by atoms with van der Waals surface area (Å²) in [5.74, 6) is -0.328. The van der Waals surface area contributed by atoms with Crippen molar-refractivity contribution >= 4 is 23.5 Å². The number of hydroxylamine groups is 2. The molecule has 1 atom stereocenters. The number of rotatable bonds is 2. The van der Waals surface area contributed by atoms with E-state index >= 15 is 0 Å². The van der Waals surface area contributed by atoms with Crippen molar-refractivity contribution in [3.63, 3.8) is 0 Å². The topological polar surface area (TPSA) is 102 Å². The molecule has 0 saturated heterocycles. The van der Waals surface area contributed by atoms with Crippen molar-refractivity contribution in [1.82, 2.24) is 15.7 Å². The minimum atomic E-state index is -0.621. The Kier molecular flexibility index (Phi) is 5.15. The number of allylic oxidation sites excluding steroid dienone is 8. The summed E-state index contributed by atoms with van der Waals surface area (Å²) in [6.07, 6.45) is 13.5. The Morgan fingerprint density at radius 3 is 2.79 bits per heavy atom. The maximum atomic E-state index is 13.6. The largest absolute Gasteiger partial charge is 0.359 e. The molecule has 4 aliphatic rings. The molecular formula is C24H19FN6O2. The maximum Gasteiger partial charge on any atom is 0.277 e. The molecule has 33 heavy (non-hydrogen) atoms. The molecule has 0 aromatic heterocycles. The first kappa shape index (κ1) is 20.5. The van der Waals surface area contributed by atoms with Crippen LogP contribution >= 0.6 is 0 Å². The van der Waals surface area contributed by atoms with Gasteiger partial charge in [-0.1, -0.05) is 18.2 Å². The van der Waals surface area contributed by atoms with Gasteiger partial charge in [0.15, 0.2) is 0 Å². The number of aliphatic imine (C=N–C) groups is 1. The smallest absolute Gasteiger partial charge is 0.277 e. The average Bonchev–Trinajstić information content (AvgIpc) is 3.27. The number of hydrogen-bond acceptors (Lipinski definition) is 7. The molecule has 0 spiro atoms. The zero-order valence-corrected chi connectivity index (χ0v) is 17.5. The fourth-order valence-corrected chi connectivity index (χ4v) is 3.82. The van der Waals surface area contributed by atoms with Crippen LogP contribution in [0.25, 0.3) is 0 Å². The lowest BCUT2D eigenvalue weighted by atomic mass is 9.94. The van der Waals surface area contributed by atoms with E-state index in [0.29, 0.717) is 34.1 Å². The Morgan fingerprint density at radius 1 is 1.18 bits per heavy atom. The molecule has 1 aliphatic carbocycles. The molecule has 0 fully saturated rings. The third-order valence-electron chi connectivity index (χ3n) is 5.43. The molecule has 1 unspecified atom stereocenters. The van der Waals surface area contributed by atoms with Crippen molar-refractivity contribution in [3.8, 4) is 0 Å². The molecule has 1 aromatic rings. The van der Waals surface area contributed by atoms with E-state index in [1.165, 1.54) is 18.3 Å². The predicted molar refractivity (Wildman–Crippen MR) is 123 cm³/mol. The standard InChI is InChI=1S/C24H19FN6O2/c1-14-21(24(32)28-18-9-10-19-16(12-18)13-26-30-19)22(15-5-7-17(25)8-6-15)29-23(27-14)20-4-2-3-11-31(20)33/h2-13,22,27,29,33H,1H3/b23-20-,28-18?. The van der Waals surface area contributed by atoms with E-state index < -0.39 is 11.9 Å². The average molecular weight is 442 g/mol. The minimum Gasteiger partial charge on any atom is -0.359 e. The first-order valence-electron chi connectivity index (χ1n) is 10.2. The summed E-state index contributed by atoms with van der Waals surface area (Å²) in [6, 6.07) is 5.28. The Bertz CT molecular complexity index is 1310. The highest BCUT2D eigenvalue weighted by Crippen LogP contribution is 2.31. The van der Waals surface area contributed by atoms with E-state index in [1.807, 2.05) is 0 Å². The molecule has 1 aromatic carbocycles. The van der Waals surface area contributed by atoms with Gasteiger partial charge in [-0.15, -0.1) is 0 Å². The van der Waals surface area contributed by atoms with Crippen molar-refractivity contribution in [2.45, 2.75) is 13.0 Å². The second-order valence-electron chi connectivity index (χ2n) is 7.60. The van der Waals surface area contributed by atoms with E-state index in [0.717, 1.165) is 16.3 Å². The second kappa shape index (κ2) is 8.29. The fourth-order valence-electron chi connectivity index (χ4n) is 3.82. The lowest BCUT2D eigenvalue weighted by Gasteiger charge is -2.33. The summed E-state index contributed by atoms with van der Waals surface area (Å²) in [6.45, 7) is 1.76. The van der Waals surface area contributed by atoms with Gasteiger partial charge in [-0.25, -0.2) is 14.4 Å². The first-order chi connectivity index (χ1) is 16.0. The Balaban J connectivity index is 1.55. The zero-order chi connectivity index (χ0) is 22.9. The van der Waals surface area contributed by atoms with Gasteiger partial charge >= 0.3 is 0 Å². The lowest BCUT2D eigenvalue weighted by Crippen LogP contribution is -2.41. The molecule has 1 amide bonds. The molecule has 0 saturated carbocycles. The Hall–Kier alpha value is -4.37. The Labute approximate surface area is 188 Å². The van der Waals surface area contributed by atoms with Crippen LogP contribution in [-0.4, -0.2) is 33.8 Å². The molecule has 8 nitrogen and oxygen atoms in total. The second-order valence-corrected chi connectivity index (χ2v) is 7.60. The van der Waals surface area contributed by atoms with E-state index in [-0.39, 0.29) is 5.82 Å². The van der Waals surface area contributed by atoms with Crippen LogP contribution in [0, 0.1) is 5.82 Å². The van der Waals surface area contributed by atoms with Crippen molar-refractivity contribution in [3.05, 3.63) is 107 Å². The summed E-state index contributed by atoms with van der Waals surface area (Å²) in [7, 11) is 0. The van der Waals surface area contributed by atoms with Crippen molar-refractivity contribution in [2.75, 3.05) is 0 Å². The van der Waals surface area contributed by atoms with Gasteiger partial charge in [-0.3, -0.25) is 10.0 Å². The molecule has 3 N–H and O–H groups in total. The Morgan fingerprint density at radius 2 is 2.00 bits per heavy atom. The molecule has 3 heterocycles. The van der Waals surface area contributed by atoms with Crippen LogP contribution in [0.4, 0.5) is 4.39 Å². The molecule has 5 rings (SSSR count). The molecule has 0 bridgehead atoms. The molecule has 0 radical (unpaired) electrons. The van der Waals surface area contributed by atoms with Gasteiger partial charge in [-0.2, -0.15) is 10.2 Å². The number of carbonyl (C=O) groups is 1. The summed E-state index contributed by atoms with van der Waals surface area (Å²) in [4.78, 5) is 17.6. The van der Waals surface area contributed by atoms with Gasteiger partial charge in [0.25, 0.3) is 5.91 Å². The number of benzene rings is 1. The summed E-state index contributed by atoms with van der Waals surface area (Å²) >= 11 is 0. The van der Waals surface area contributed by atoms with Crippen molar-refractivity contribution in [1.29, 1.82) is 0 Å². The number of hydrogen-bond donors (Lipinski definition) is 3. The van der Waals surface area contributed by atoms with Gasteiger partial charge in [0, 0.05) is 17.5 Å². The number of nitrogens with one attached hydrogen (secondary N) is 2. The van der Waals surface area contributed by atoms with E-state index in [4.69, 9.17) is 0 Å². The normalized spacial score (nSPS) is 24.5.